The van der Waals surface area contributed by atoms with Crippen LogP contribution >= 0.6 is 0 Å². The van der Waals surface area contributed by atoms with Crippen LogP contribution in [0.15, 0.2) is 36.4 Å². The molecule has 0 bridgehead atoms. The lowest BCUT2D eigenvalue weighted by atomic mass is 9.71. The number of nitrogens with zero attached hydrogens (tertiary/aromatic N) is 1. The molecule has 2 fully saturated rings. The SMILES string of the molecule is COCCCC[C@@](O)(c1cccc(F)c1-c1cc(C)ccc1F)[C@@H]1CCCN(C(=O)[C@H]2C[C@@H](N)[C@@H](O)C2)C1. The molecule has 1 aliphatic carbocycles. The average Bonchev–Trinajstić information content (AvgIpc) is 3.25. The summed E-state index contributed by atoms with van der Waals surface area (Å²) in [5.41, 5.74) is 5.78. The summed E-state index contributed by atoms with van der Waals surface area (Å²) in [4.78, 5) is 15.1. The Bertz CT molecular complexity index is 1120. The molecule has 0 spiro atoms. The number of aliphatic hydroxyl groups is 2. The van der Waals surface area contributed by atoms with E-state index in [1.54, 1.807) is 36.3 Å². The van der Waals surface area contributed by atoms with Crippen molar-refractivity contribution in [1.82, 2.24) is 4.90 Å². The van der Waals surface area contributed by atoms with Crippen LogP contribution in [-0.2, 0) is 15.1 Å². The van der Waals surface area contributed by atoms with Gasteiger partial charge in [-0.15, -0.1) is 0 Å². The molecule has 208 valence electrons. The van der Waals surface area contributed by atoms with Crippen molar-refractivity contribution < 1.29 is 28.5 Å². The van der Waals surface area contributed by atoms with E-state index in [-0.39, 0.29) is 28.9 Å². The average molecular weight is 531 g/mol. The maximum absolute atomic E-state index is 15.5. The van der Waals surface area contributed by atoms with Crippen LogP contribution in [0, 0.1) is 30.4 Å². The molecule has 1 amide bonds. The summed E-state index contributed by atoms with van der Waals surface area (Å²) in [6.07, 6.45) is 3.04. The number of carbonyl (C=O) groups excluding carboxylic acids is 1. The molecule has 1 heterocycles. The Kier molecular flexibility index (Phi) is 9.19. The van der Waals surface area contributed by atoms with Gasteiger partial charge in [0.1, 0.15) is 11.6 Å². The third kappa shape index (κ3) is 5.93. The molecule has 0 radical (unpaired) electrons. The van der Waals surface area contributed by atoms with Crippen molar-refractivity contribution >= 4 is 5.91 Å². The van der Waals surface area contributed by atoms with Gasteiger partial charge in [0.25, 0.3) is 0 Å². The number of carbonyl (C=O) groups is 1. The first-order valence-corrected chi connectivity index (χ1v) is 13.6. The molecule has 1 saturated heterocycles. The van der Waals surface area contributed by atoms with Crippen LogP contribution in [0.25, 0.3) is 11.1 Å². The zero-order valence-electron chi connectivity index (χ0n) is 22.3. The molecule has 0 unspecified atom stereocenters. The maximum Gasteiger partial charge on any atom is 0.225 e. The predicted molar refractivity (Wildman–Crippen MR) is 142 cm³/mol. The van der Waals surface area contributed by atoms with E-state index in [0.29, 0.717) is 70.2 Å². The van der Waals surface area contributed by atoms with Gasteiger partial charge in [0.05, 0.1) is 11.7 Å². The minimum absolute atomic E-state index is 0.0624. The lowest BCUT2D eigenvalue weighted by Crippen LogP contribution is -2.49. The van der Waals surface area contributed by atoms with Gasteiger partial charge in [0.15, 0.2) is 0 Å². The van der Waals surface area contributed by atoms with Crippen LogP contribution < -0.4 is 5.73 Å². The first kappa shape index (κ1) is 28.6. The fourth-order valence-corrected chi connectivity index (χ4v) is 6.26. The molecule has 38 heavy (non-hydrogen) atoms. The van der Waals surface area contributed by atoms with Crippen molar-refractivity contribution in [2.24, 2.45) is 17.6 Å². The van der Waals surface area contributed by atoms with Crippen LogP contribution in [0.3, 0.4) is 0 Å². The number of hydrogen-bond donors (Lipinski definition) is 3. The highest BCUT2D eigenvalue weighted by molar-refractivity contribution is 5.79. The van der Waals surface area contributed by atoms with Crippen molar-refractivity contribution in [1.29, 1.82) is 0 Å². The van der Waals surface area contributed by atoms with Gasteiger partial charge < -0.3 is 25.6 Å². The number of aliphatic hydroxyl groups excluding tert-OH is 1. The lowest BCUT2D eigenvalue weighted by Gasteiger charge is -2.44. The van der Waals surface area contributed by atoms with Crippen molar-refractivity contribution in [3.8, 4) is 11.1 Å². The van der Waals surface area contributed by atoms with E-state index in [4.69, 9.17) is 10.5 Å². The zero-order chi connectivity index (χ0) is 27.4. The van der Waals surface area contributed by atoms with Crippen molar-refractivity contribution in [3.05, 3.63) is 59.2 Å². The largest absolute Gasteiger partial charge is 0.391 e. The van der Waals surface area contributed by atoms with E-state index >= 15 is 8.78 Å². The number of ether oxygens (including phenoxy) is 1. The van der Waals surface area contributed by atoms with E-state index in [1.165, 1.54) is 12.1 Å². The standard InChI is InChI=1S/C30H40F2N2O4/c1-19-10-11-24(31)22(15-19)28-23(8-5-9-25(28)32)30(37,12-3-4-14-38-2)21-7-6-13-34(18-21)29(36)20-16-26(33)27(35)17-20/h5,8-11,15,20-21,26-27,35,37H,3-4,6-7,12-14,16-18,33H2,1-2H3/t20-,21+,26+,27-,30-/m0/s1. The van der Waals surface area contributed by atoms with Crippen LogP contribution in [0.2, 0.25) is 0 Å². The second-order valence-corrected chi connectivity index (χ2v) is 11.0. The first-order chi connectivity index (χ1) is 18.2. The van der Waals surface area contributed by atoms with Crippen LogP contribution in [0.4, 0.5) is 8.78 Å². The number of piperidine rings is 1. The number of unbranched alkanes of at least 4 members (excludes halogenated alkanes) is 1. The molecule has 5 atom stereocenters. The Hall–Kier alpha value is -2.39. The van der Waals surface area contributed by atoms with E-state index in [0.717, 1.165) is 5.56 Å². The molecular weight excluding hydrogens is 490 g/mol. The van der Waals surface area contributed by atoms with E-state index in [1.807, 2.05) is 6.92 Å². The van der Waals surface area contributed by atoms with Gasteiger partial charge in [-0.2, -0.15) is 0 Å². The van der Waals surface area contributed by atoms with Crippen molar-refractivity contribution in [2.45, 2.75) is 69.6 Å². The topological polar surface area (TPSA) is 96.0 Å². The van der Waals surface area contributed by atoms with Gasteiger partial charge in [-0.1, -0.05) is 23.8 Å². The summed E-state index contributed by atoms with van der Waals surface area (Å²) in [5, 5.41) is 22.5. The fourth-order valence-electron chi connectivity index (χ4n) is 6.26. The Morgan fingerprint density at radius 2 is 1.97 bits per heavy atom. The second kappa shape index (κ2) is 12.2. The number of aryl methyl sites for hydroxylation is 1. The number of benzene rings is 2. The van der Waals surface area contributed by atoms with Gasteiger partial charge >= 0.3 is 0 Å². The third-order valence-corrected chi connectivity index (χ3v) is 8.36. The monoisotopic (exact) mass is 530 g/mol. The fraction of sp³-hybridized carbons (Fsp3) is 0.567. The highest BCUT2D eigenvalue weighted by Crippen LogP contribution is 2.45. The number of methoxy groups -OCH3 is 1. The number of nitrogens with two attached hydrogens (primary N) is 1. The number of halogens is 2. The third-order valence-electron chi connectivity index (χ3n) is 8.36. The highest BCUT2D eigenvalue weighted by Gasteiger charge is 2.45. The quantitative estimate of drug-likeness (QED) is 0.421. The van der Waals surface area contributed by atoms with Crippen molar-refractivity contribution in [2.75, 3.05) is 26.8 Å². The molecule has 2 aliphatic rings. The summed E-state index contributed by atoms with van der Waals surface area (Å²) in [7, 11) is 1.62. The summed E-state index contributed by atoms with van der Waals surface area (Å²) >= 11 is 0. The summed E-state index contributed by atoms with van der Waals surface area (Å²) in [5.74, 6) is -1.94. The smallest absolute Gasteiger partial charge is 0.225 e. The second-order valence-electron chi connectivity index (χ2n) is 11.0. The van der Waals surface area contributed by atoms with Gasteiger partial charge in [-0.05, 0) is 75.6 Å². The summed E-state index contributed by atoms with van der Waals surface area (Å²) < 4.78 is 35.7. The normalized spacial score (nSPS) is 25.4. The van der Waals surface area contributed by atoms with E-state index < -0.39 is 29.4 Å². The molecule has 4 rings (SSSR count). The molecule has 2 aromatic rings. The van der Waals surface area contributed by atoms with Crippen LogP contribution in [0.1, 0.15) is 56.1 Å². The maximum atomic E-state index is 15.5. The Labute approximate surface area is 223 Å². The molecule has 4 N–H and O–H groups in total. The zero-order valence-corrected chi connectivity index (χ0v) is 22.3. The molecule has 0 aromatic heterocycles. The Morgan fingerprint density at radius 1 is 1.18 bits per heavy atom. The molecule has 1 aliphatic heterocycles. The minimum Gasteiger partial charge on any atom is -0.391 e. The van der Waals surface area contributed by atoms with E-state index in [2.05, 4.69) is 0 Å². The van der Waals surface area contributed by atoms with E-state index in [9.17, 15) is 15.0 Å². The van der Waals surface area contributed by atoms with Crippen LogP contribution in [-0.4, -0.2) is 60.0 Å². The number of hydrogen-bond acceptors (Lipinski definition) is 5. The highest BCUT2D eigenvalue weighted by atomic mass is 19.1. The minimum atomic E-state index is -1.49. The number of likely N-dealkylation sites (tertiary alicyclic amines) is 1. The van der Waals surface area contributed by atoms with Crippen LogP contribution in [0.5, 0.6) is 0 Å². The Balaban J connectivity index is 1.71. The van der Waals surface area contributed by atoms with Gasteiger partial charge in [0, 0.05) is 55.8 Å². The molecular formula is C30H40F2N2O4. The Morgan fingerprint density at radius 3 is 2.68 bits per heavy atom. The molecule has 2 aromatic carbocycles. The predicted octanol–water partition coefficient (Wildman–Crippen LogP) is 4.28. The van der Waals surface area contributed by atoms with Gasteiger partial charge in [-0.3, -0.25) is 4.79 Å². The molecule has 6 nitrogen and oxygen atoms in total. The van der Waals surface area contributed by atoms with Crippen molar-refractivity contribution in [3.63, 3.8) is 0 Å². The summed E-state index contributed by atoms with van der Waals surface area (Å²) in [6.45, 7) is 3.20. The lowest BCUT2D eigenvalue weighted by molar-refractivity contribution is -0.141. The number of rotatable bonds is 9. The van der Waals surface area contributed by atoms with Gasteiger partial charge in [-0.25, -0.2) is 8.78 Å². The van der Waals surface area contributed by atoms with Gasteiger partial charge in [0.2, 0.25) is 5.91 Å². The molecule has 8 heteroatoms. The number of amides is 1. The first-order valence-electron chi connectivity index (χ1n) is 13.6. The molecule has 1 saturated carbocycles. The summed E-state index contributed by atoms with van der Waals surface area (Å²) in [6, 6.07) is 8.66.